The van der Waals surface area contributed by atoms with Crippen molar-refractivity contribution < 1.29 is 31.4 Å². The van der Waals surface area contributed by atoms with Crippen molar-refractivity contribution in [2.75, 3.05) is 6.61 Å². The van der Waals surface area contributed by atoms with Crippen LogP contribution >= 0.6 is 12.4 Å². The fourth-order valence-electron chi connectivity index (χ4n) is 1.60. The summed E-state index contributed by atoms with van der Waals surface area (Å²) >= 11 is 0. The molecule has 0 aliphatic heterocycles. The predicted molar refractivity (Wildman–Crippen MR) is 62.3 cm³/mol. The first kappa shape index (κ1) is 19.0. The summed E-state index contributed by atoms with van der Waals surface area (Å²) in [6.45, 7) is -0.519. The zero-order valence-electron chi connectivity index (χ0n) is 9.92. The van der Waals surface area contributed by atoms with E-state index in [0.29, 0.717) is 18.2 Å². The van der Waals surface area contributed by atoms with Crippen LogP contribution in [0.5, 0.6) is 0 Å². The zero-order chi connectivity index (χ0) is 14.8. The minimum absolute atomic E-state index is 0. The van der Waals surface area contributed by atoms with E-state index in [4.69, 9.17) is 10.8 Å². The minimum atomic E-state index is -4.80. The van der Waals surface area contributed by atoms with Crippen LogP contribution in [0.4, 0.5) is 26.3 Å². The first-order chi connectivity index (χ1) is 8.57. The molecule has 0 spiro atoms. The first-order valence-corrected chi connectivity index (χ1v) is 5.22. The molecule has 1 rings (SSSR count). The third-order valence-electron chi connectivity index (χ3n) is 2.52. The van der Waals surface area contributed by atoms with Crippen molar-refractivity contribution in [3.63, 3.8) is 0 Å². The predicted octanol–water partition coefficient (Wildman–Crippen LogP) is 3.53. The molecule has 1 aromatic rings. The summed E-state index contributed by atoms with van der Waals surface area (Å²) in [5.41, 5.74) is 2.29. The molecule has 0 radical (unpaired) electrons. The highest BCUT2D eigenvalue weighted by atomic mass is 35.5. The van der Waals surface area contributed by atoms with Crippen molar-refractivity contribution >= 4 is 12.4 Å². The molecule has 0 saturated carbocycles. The number of hydrogen-bond donors (Lipinski definition) is 2. The highest BCUT2D eigenvalue weighted by Crippen LogP contribution is 2.38. The second kappa shape index (κ2) is 6.64. The van der Waals surface area contributed by atoms with E-state index in [1.165, 1.54) is 0 Å². The SMILES string of the molecule is Cl.N[C@@H](CCO)c1cc(C(F)(F)F)ccc1C(F)(F)F. The lowest BCUT2D eigenvalue weighted by Crippen LogP contribution is -2.20. The summed E-state index contributed by atoms with van der Waals surface area (Å²) in [6.07, 6.45) is -9.81. The van der Waals surface area contributed by atoms with Gasteiger partial charge >= 0.3 is 12.4 Å². The fourth-order valence-corrected chi connectivity index (χ4v) is 1.60. The topological polar surface area (TPSA) is 46.2 Å². The maximum absolute atomic E-state index is 12.7. The van der Waals surface area contributed by atoms with E-state index in [0.717, 1.165) is 0 Å². The van der Waals surface area contributed by atoms with Gasteiger partial charge in [0.15, 0.2) is 0 Å². The Morgan fingerprint density at radius 1 is 1.05 bits per heavy atom. The molecular weight excluding hydrogens is 312 g/mol. The molecular formula is C11H12ClF6NO. The molecule has 0 aromatic heterocycles. The molecule has 1 aromatic carbocycles. The van der Waals surface area contributed by atoms with Gasteiger partial charge in [-0.05, 0) is 30.2 Å². The van der Waals surface area contributed by atoms with Crippen LogP contribution in [0.15, 0.2) is 18.2 Å². The van der Waals surface area contributed by atoms with Gasteiger partial charge < -0.3 is 10.8 Å². The van der Waals surface area contributed by atoms with E-state index in [2.05, 4.69) is 0 Å². The lowest BCUT2D eigenvalue weighted by atomic mass is 9.96. The van der Waals surface area contributed by atoms with E-state index in [1.807, 2.05) is 0 Å². The van der Waals surface area contributed by atoms with E-state index in [-0.39, 0.29) is 18.8 Å². The molecule has 0 aliphatic rings. The van der Waals surface area contributed by atoms with Gasteiger partial charge in [-0.1, -0.05) is 0 Å². The molecule has 0 fully saturated rings. The van der Waals surface area contributed by atoms with Gasteiger partial charge in [0, 0.05) is 12.6 Å². The minimum Gasteiger partial charge on any atom is -0.396 e. The summed E-state index contributed by atoms with van der Waals surface area (Å²) in [4.78, 5) is 0. The summed E-state index contributed by atoms with van der Waals surface area (Å²) in [5, 5.41) is 8.64. The number of rotatable bonds is 3. The van der Waals surface area contributed by atoms with E-state index < -0.39 is 41.7 Å². The number of alkyl halides is 6. The standard InChI is InChI=1S/C11H11F6NO.ClH/c12-10(13,14)6-1-2-8(11(15,16)17)7(5-6)9(18)3-4-19;/h1-2,5,9,19H,3-4,18H2;1H/t9-;/m0./s1. The van der Waals surface area contributed by atoms with Crippen molar-refractivity contribution in [1.82, 2.24) is 0 Å². The molecule has 1 atom stereocenters. The van der Waals surface area contributed by atoms with Crippen LogP contribution in [0.1, 0.15) is 29.2 Å². The quantitative estimate of drug-likeness (QED) is 0.836. The van der Waals surface area contributed by atoms with E-state index >= 15 is 0 Å². The smallest absolute Gasteiger partial charge is 0.396 e. The average Bonchev–Trinajstić information content (AvgIpc) is 2.26. The Hall–Kier alpha value is -0.990. The average molecular weight is 324 g/mol. The summed E-state index contributed by atoms with van der Waals surface area (Å²) in [5.74, 6) is 0. The fraction of sp³-hybridized carbons (Fsp3) is 0.455. The van der Waals surface area contributed by atoms with Crippen LogP contribution in [0.3, 0.4) is 0 Å². The van der Waals surface area contributed by atoms with Crippen LogP contribution in [0.25, 0.3) is 0 Å². The van der Waals surface area contributed by atoms with Crippen molar-refractivity contribution in [2.45, 2.75) is 24.8 Å². The molecule has 9 heteroatoms. The number of hydrogen-bond acceptors (Lipinski definition) is 2. The second-order valence-corrected chi connectivity index (χ2v) is 3.92. The maximum Gasteiger partial charge on any atom is 0.416 e. The number of aliphatic hydroxyl groups excluding tert-OH is 1. The van der Waals surface area contributed by atoms with Crippen LogP contribution in [0.2, 0.25) is 0 Å². The van der Waals surface area contributed by atoms with Gasteiger partial charge in [0.2, 0.25) is 0 Å². The highest BCUT2D eigenvalue weighted by molar-refractivity contribution is 5.85. The van der Waals surface area contributed by atoms with Gasteiger partial charge in [0.25, 0.3) is 0 Å². The molecule has 0 heterocycles. The Bertz CT molecular complexity index is 446. The Kier molecular flexibility index (Phi) is 6.31. The molecule has 116 valence electrons. The number of aliphatic hydroxyl groups is 1. The Morgan fingerprint density at radius 2 is 1.60 bits per heavy atom. The summed E-state index contributed by atoms with van der Waals surface area (Å²) in [6, 6.07) is -0.222. The number of nitrogens with two attached hydrogens (primary N) is 1. The maximum atomic E-state index is 12.7. The third kappa shape index (κ3) is 4.53. The molecule has 0 unspecified atom stereocenters. The van der Waals surface area contributed by atoms with Crippen LogP contribution in [-0.2, 0) is 12.4 Å². The molecule has 2 nitrogen and oxygen atoms in total. The Labute approximate surface area is 117 Å². The first-order valence-electron chi connectivity index (χ1n) is 5.22. The number of benzene rings is 1. The molecule has 3 N–H and O–H groups in total. The molecule has 20 heavy (non-hydrogen) atoms. The van der Waals surface area contributed by atoms with Crippen LogP contribution < -0.4 is 5.73 Å². The van der Waals surface area contributed by atoms with Crippen molar-refractivity contribution in [3.8, 4) is 0 Å². The largest absolute Gasteiger partial charge is 0.416 e. The van der Waals surface area contributed by atoms with Gasteiger partial charge in [0.05, 0.1) is 11.1 Å². The molecule has 0 amide bonds. The lowest BCUT2D eigenvalue weighted by molar-refractivity contribution is -0.142. The van der Waals surface area contributed by atoms with Crippen LogP contribution in [0, 0.1) is 0 Å². The van der Waals surface area contributed by atoms with Gasteiger partial charge in [0.1, 0.15) is 0 Å². The molecule has 0 saturated heterocycles. The van der Waals surface area contributed by atoms with Crippen molar-refractivity contribution in [3.05, 3.63) is 34.9 Å². The second-order valence-electron chi connectivity index (χ2n) is 3.92. The molecule has 0 aliphatic carbocycles. The highest BCUT2D eigenvalue weighted by Gasteiger charge is 2.37. The van der Waals surface area contributed by atoms with Gasteiger partial charge in [-0.15, -0.1) is 12.4 Å². The van der Waals surface area contributed by atoms with E-state index in [1.54, 1.807) is 0 Å². The monoisotopic (exact) mass is 323 g/mol. The van der Waals surface area contributed by atoms with Gasteiger partial charge in [-0.3, -0.25) is 0 Å². The van der Waals surface area contributed by atoms with Crippen LogP contribution in [-0.4, -0.2) is 11.7 Å². The zero-order valence-corrected chi connectivity index (χ0v) is 10.7. The Morgan fingerprint density at radius 3 is 2.00 bits per heavy atom. The lowest BCUT2D eigenvalue weighted by Gasteiger charge is -2.19. The normalized spacial score (nSPS) is 13.8. The Balaban J connectivity index is 0.00000361. The van der Waals surface area contributed by atoms with Crippen molar-refractivity contribution in [1.29, 1.82) is 0 Å². The molecule has 0 bridgehead atoms. The van der Waals surface area contributed by atoms with Gasteiger partial charge in [-0.25, -0.2) is 0 Å². The van der Waals surface area contributed by atoms with Crippen molar-refractivity contribution in [2.24, 2.45) is 5.73 Å². The summed E-state index contributed by atoms with van der Waals surface area (Å²) in [7, 11) is 0. The van der Waals surface area contributed by atoms with Gasteiger partial charge in [-0.2, -0.15) is 26.3 Å². The summed E-state index contributed by atoms with van der Waals surface area (Å²) < 4.78 is 75.5. The van der Waals surface area contributed by atoms with E-state index in [9.17, 15) is 26.3 Å². The third-order valence-corrected chi connectivity index (χ3v) is 2.52. The number of halogens is 7.